The lowest BCUT2D eigenvalue weighted by atomic mass is 10.0. The summed E-state index contributed by atoms with van der Waals surface area (Å²) in [5.41, 5.74) is 3.96. The first-order valence-electron chi connectivity index (χ1n) is 9.62. The molecule has 7 heteroatoms. The summed E-state index contributed by atoms with van der Waals surface area (Å²) < 4.78 is 19.5. The van der Waals surface area contributed by atoms with Gasteiger partial charge in [0.15, 0.2) is 12.3 Å². The number of fused-ring (bicyclic) bond motifs is 2. The number of rotatable bonds is 7. The van der Waals surface area contributed by atoms with Gasteiger partial charge < -0.3 is 13.9 Å². The van der Waals surface area contributed by atoms with Crippen molar-refractivity contribution in [3.63, 3.8) is 0 Å². The molecule has 0 spiro atoms. The number of para-hydroxylation sites is 1. The molecule has 0 amide bonds. The minimum absolute atomic E-state index is 0.312. The van der Waals surface area contributed by atoms with Crippen LogP contribution in [-0.4, -0.2) is 21.8 Å². The van der Waals surface area contributed by atoms with E-state index in [1.54, 1.807) is 17.6 Å². The Morgan fingerprint density at radius 3 is 2.97 bits per heavy atom. The summed E-state index contributed by atoms with van der Waals surface area (Å²) in [5, 5.41) is 3.07. The number of allylic oxidation sites excluding steroid dienone is 1. The molecule has 0 saturated carbocycles. The number of thiophene rings is 1. The van der Waals surface area contributed by atoms with Crippen molar-refractivity contribution >= 4 is 57.2 Å². The normalized spacial score (nSPS) is 17.1. The maximum Gasteiger partial charge on any atom is 0.335 e. The highest BCUT2D eigenvalue weighted by molar-refractivity contribution is 14.1. The van der Waals surface area contributed by atoms with Crippen molar-refractivity contribution in [2.24, 2.45) is 0 Å². The van der Waals surface area contributed by atoms with Crippen LogP contribution in [0.15, 0.2) is 52.1 Å². The first-order valence-corrected chi connectivity index (χ1v) is 11.5. The highest BCUT2D eigenvalue weighted by atomic mass is 127. The van der Waals surface area contributed by atoms with E-state index in [0.717, 1.165) is 28.5 Å². The lowest BCUT2D eigenvalue weighted by Gasteiger charge is -2.34. The third-order valence-electron chi connectivity index (χ3n) is 4.94. The number of benzene rings is 1. The second-order valence-electron chi connectivity index (χ2n) is 6.73. The van der Waals surface area contributed by atoms with Crippen molar-refractivity contribution in [1.82, 2.24) is 3.11 Å². The largest absolute Gasteiger partial charge is 0.464 e. The predicted molar refractivity (Wildman–Crippen MR) is 123 cm³/mol. The third-order valence-corrected chi connectivity index (χ3v) is 6.95. The smallest absolute Gasteiger partial charge is 0.335 e. The van der Waals surface area contributed by atoms with Gasteiger partial charge >= 0.3 is 5.97 Å². The zero-order valence-electron chi connectivity index (χ0n) is 16.3. The van der Waals surface area contributed by atoms with Gasteiger partial charge in [-0.05, 0) is 42.5 Å². The molecule has 0 fully saturated rings. The Bertz CT molecular complexity index is 1040. The Kier molecular flexibility index (Phi) is 6.26. The van der Waals surface area contributed by atoms with Crippen LogP contribution in [0.1, 0.15) is 42.5 Å². The van der Waals surface area contributed by atoms with E-state index < -0.39 is 6.10 Å². The molecule has 0 aliphatic carbocycles. The van der Waals surface area contributed by atoms with Crippen LogP contribution in [0.3, 0.4) is 0 Å². The van der Waals surface area contributed by atoms with Crippen molar-refractivity contribution in [2.75, 3.05) is 6.61 Å². The molecule has 3 heterocycles. The molecular weight excluding hydrogens is 501 g/mol. The standard InChI is InChI=1S/C22H22INO4S/c1-3-16-13-19-17(9-11-29-19)21(24(16)23)28-18(22(25)26-4-2)12-15-7-5-6-14-8-10-27-20(14)15/h5-11,13,18,21H,3-4,12H2,1-2H3. The van der Waals surface area contributed by atoms with Crippen LogP contribution in [0.2, 0.25) is 0 Å². The number of hydrogen-bond acceptors (Lipinski definition) is 6. The van der Waals surface area contributed by atoms with E-state index in [1.165, 1.54) is 10.6 Å². The molecule has 152 valence electrons. The van der Waals surface area contributed by atoms with E-state index in [4.69, 9.17) is 13.9 Å². The third kappa shape index (κ3) is 4.08. The van der Waals surface area contributed by atoms with Gasteiger partial charge in [0.05, 0.1) is 35.7 Å². The Balaban J connectivity index is 1.65. The van der Waals surface area contributed by atoms with E-state index in [1.807, 2.05) is 31.2 Å². The SMILES string of the molecule is CCOC(=O)C(Cc1cccc2ccoc12)OC1c2ccsc2C=C(CC)N1I. The Morgan fingerprint density at radius 2 is 2.17 bits per heavy atom. The molecule has 1 aromatic carbocycles. The van der Waals surface area contributed by atoms with E-state index in [9.17, 15) is 4.79 Å². The van der Waals surface area contributed by atoms with Gasteiger partial charge in [-0.3, -0.25) is 3.11 Å². The van der Waals surface area contributed by atoms with Crippen LogP contribution in [0.4, 0.5) is 0 Å². The molecular formula is C22H22INO4S. The number of furan rings is 1. The minimum atomic E-state index is -0.739. The van der Waals surface area contributed by atoms with Crippen molar-refractivity contribution in [3.8, 4) is 0 Å². The Hall–Kier alpha value is -1.84. The zero-order chi connectivity index (χ0) is 20.4. The Morgan fingerprint density at radius 1 is 1.31 bits per heavy atom. The zero-order valence-corrected chi connectivity index (χ0v) is 19.2. The van der Waals surface area contributed by atoms with Gasteiger partial charge in [0.1, 0.15) is 5.58 Å². The maximum absolute atomic E-state index is 12.8. The molecule has 3 aromatic rings. The van der Waals surface area contributed by atoms with E-state index in [2.05, 4.69) is 50.4 Å². The van der Waals surface area contributed by atoms with E-state index >= 15 is 0 Å². The monoisotopic (exact) mass is 523 g/mol. The highest BCUT2D eigenvalue weighted by Gasteiger charge is 2.34. The molecule has 29 heavy (non-hydrogen) atoms. The number of esters is 1. The number of carbonyl (C=O) groups is 1. The predicted octanol–water partition coefficient (Wildman–Crippen LogP) is 6.10. The number of halogens is 1. The first-order chi connectivity index (χ1) is 14.1. The molecule has 0 radical (unpaired) electrons. The summed E-state index contributed by atoms with van der Waals surface area (Å²) >= 11 is 3.96. The lowest BCUT2D eigenvalue weighted by molar-refractivity contribution is -0.164. The molecule has 1 aliphatic heterocycles. The van der Waals surface area contributed by atoms with Crippen molar-refractivity contribution in [1.29, 1.82) is 0 Å². The fourth-order valence-corrected chi connectivity index (χ4v) is 5.29. The molecule has 2 aromatic heterocycles. The van der Waals surface area contributed by atoms with Gasteiger partial charge in [0.25, 0.3) is 0 Å². The fourth-order valence-electron chi connectivity index (χ4n) is 3.51. The highest BCUT2D eigenvalue weighted by Crippen LogP contribution is 2.42. The molecule has 0 N–H and O–H groups in total. The summed E-state index contributed by atoms with van der Waals surface area (Å²) in [7, 11) is 0. The van der Waals surface area contributed by atoms with E-state index in [-0.39, 0.29) is 12.2 Å². The first kappa shape index (κ1) is 20.4. The molecule has 1 aliphatic rings. The van der Waals surface area contributed by atoms with Gasteiger partial charge in [-0.2, -0.15) is 0 Å². The van der Waals surface area contributed by atoms with Crippen molar-refractivity contribution in [2.45, 2.75) is 39.0 Å². The van der Waals surface area contributed by atoms with Gasteiger partial charge in [0, 0.05) is 27.9 Å². The summed E-state index contributed by atoms with van der Waals surface area (Å²) in [4.78, 5) is 14.0. The molecule has 0 saturated heterocycles. The minimum Gasteiger partial charge on any atom is -0.464 e. The van der Waals surface area contributed by atoms with Crippen LogP contribution < -0.4 is 0 Å². The quantitative estimate of drug-likeness (QED) is 0.213. The van der Waals surface area contributed by atoms with Gasteiger partial charge in [0.2, 0.25) is 0 Å². The van der Waals surface area contributed by atoms with Crippen LogP contribution in [-0.2, 0) is 20.7 Å². The van der Waals surface area contributed by atoms with Gasteiger partial charge in [-0.15, -0.1) is 11.3 Å². The number of hydrogen-bond donors (Lipinski definition) is 0. The molecule has 0 bridgehead atoms. The molecule has 4 rings (SSSR count). The molecule has 5 nitrogen and oxygen atoms in total. The van der Waals surface area contributed by atoms with Crippen molar-refractivity contribution in [3.05, 3.63) is 63.7 Å². The van der Waals surface area contributed by atoms with Gasteiger partial charge in [-0.25, -0.2) is 4.79 Å². The van der Waals surface area contributed by atoms with Crippen molar-refractivity contribution < 1.29 is 18.7 Å². The Labute approximate surface area is 187 Å². The van der Waals surface area contributed by atoms with Crippen LogP contribution >= 0.6 is 34.2 Å². The summed E-state index contributed by atoms with van der Waals surface area (Å²) in [5.74, 6) is -0.356. The fraction of sp³-hybridized carbons (Fsp3) is 0.318. The second kappa shape index (κ2) is 8.89. The number of nitrogens with zero attached hydrogens (tertiary/aromatic N) is 1. The number of carbonyl (C=O) groups excluding carboxylic acids is 1. The van der Waals surface area contributed by atoms with Gasteiger partial charge in [-0.1, -0.05) is 25.1 Å². The second-order valence-corrected chi connectivity index (χ2v) is 8.72. The summed E-state index contributed by atoms with van der Waals surface area (Å²) in [6, 6.07) is 9.91. The molecule has 2 atom stereocenters. The maximum atomic E-state index is 12.8. The van der Waals surface area contributed by atoms with Crippen LogP contribution in [0, 0.1) is 0 Å². The van der Waals surface area contributed by atoms with Crippen LogP contribution in [0.5, 0.6) is 0 Å². The van der Waals surface area contributed by atoms with E-state index in [0.29, 0.717) is 13.0 Å². The summed E-state index contributed by atoms with van der Waals surface area (Å²) in [6.45, 7) is 4.24. The van der Waals surface area contributed by atoms with Crippen LogP contribution in [0.25, 0.3) is 17.0 Å². The average molecular weight is 523 g/mol. The summed E-state index contributed by atoms with van der Waals surface area (Å²) in [6.07, 6.45) is 4.04. The lowest BCUT2D eigenvalue weighted by Crippen LogP contribution is -2.35. The molecule has 2 unspecified atom stereocenters. The average Bonchev–Trinajstić information content (AvgIpc) is 3.38. The number of ether oxygens (including phenoxy) is 2. The topological polar surface area (TPSA) is 51.9 Å².